The van der Waals surface area contributed by atoms with Crippen LogP contribution < -0.4 is 5.69 Å². The molecule has 0 bridgehead atoms. The van der Waals surface area contributed by atoms with Crippen molar-refractivity contribution >= 4 is 17.1 Å². The fourth-order valence-corrected chi connectivity index (χ4v) is 2.70. The van der Waals surface area contributed by atoms with Gasteiger partial charge in [-0.3, -0.25) is 9.47 Å². The van der Waals surface area contributed by atoms with Gasteiger partial charge in [-0.25, -0.2) is 9.59 Å². The summed E-state index contributed by atoms with van der Waals surface area (Å²) in [4.78, 5) is 28.4. The van der Waals surface area contributed by atoms with Crippen LogP contribution in [0, 0.1) is 0 Å². The number of fused-ring (bicyclic) bond motifs is 3. The molecule has 0 radical (unpaired) electrons. The molecule has 1 aliphatic rings. The molecule has 3 rings (SSSR count). The molecule has 1 amide bonds. The molecule has 0 fully saturated rings. The molecule has 1 N–H and O–H groups in total. The number of H-pyrrole nitrogens is 1. The lowest BCUT2D eigenvalue weighted by molar-refractivity contribution is 0.0242. The summed E-state index contributed by atoms with van der Waals surface area (Å²) in [5, 5.41) is 0. The number of carbonyl (C=O) groups excluding carboxylic acids is 1. The number of hydrogen-bond donors (Lipinski definition) is 1. The van der Waals surface area contributed by atoms with E-state index in [9.17, 15) is 9.59 Å². The minimum atomic E-state index is -0.512. The van der Waals surface area contributed by atoms with E-state index in [1.807, 2.05) is 32.9 Å². The summed E-state index contributed by atoms with van der Waals surface area (Å²) in [7, 11) is 1.73. The highest BCUT2D eigenvalue weighted by atomic mass is 16.6. The Kier molecular flexibility index (Phi) is 2.86. The molecule has 1 aromatic carbocycles. The number of benzene rings is 1. The largest absolute Gasteiger partial charge is 0.444 e. The van der Waals surface area contributed by atoms with Crippen molar-refractivity contribution in [3.8, 4) is 0 Å². The lowest BCUT2D eigenvalue weighted by atomic mass is 10.1. The average molecular weight is 289 g/mol. The van der Waals surface area contributed by atoms with E-state index in [-0.39, 0.29) is 11.8 Å². The van der Waals surface area contributed by atoms with Crippen molar-refractivity contribution in [2.45, 2.75) is 39.5 Å². The van der Waals surface area contributed by atoms with Gasteiger partial charge in [-0.15, -0.1) is 0 Å². The maximum Gasteiger partial charge on any atom is 0.410 e. The van der Waals surface area contributed by atoms with E-state index in [2.05, 4.69) is 4.98 Å². The van der Waals surface area contributed by atoms with E-state index in [1.54, 1.807) is 16.5 Å². The van der Waals surface area contributed by atoms with E-state index in [0.717, 1.165) is 22.2 Å². The maximum absolute atomic E-state index is 12.2. The first-order chi connectivity index (χ1) is 9.76. The third-order valence-corrected chi connectivity index (χ3v) is 3.62. The van der Waals surface area contributed by atoms with Gasteiger partial charge < -0.3 is 9.72 Å². The minimum Gasteiger partial charge on any atom is -0.444 e. The van der Waals surface area contributed by atoms with Crippen LogP contribution in [-0.4, -0.2) is 26.1 Å². The molecular formula is C15H19N3O3. The molecule has 6 nitrogen and oxygen atoms in total. The Hall–Kier alpha value is -2.24. The first kappa shape index (κ1) is 13.7. The standard InChI is InChI=1S/C15H19N3O3/c1-15(2,3)21-14(20)18-7-9-5-6-11-12(10(9)8-18)17(4)13(19)16-11/h5-6H,7-8H2,1-4H3,(H,16,19). The number of amides is 1. The molecular weight excluding hydrogens is 270 g/mol. The SMILES string of the molecule is Cn1c(=O)[nH]c2ccc3c(c21)CN(C(=O)OC(C)(C)C)C3. The van der Waals surface area contributed by atoms with Crippen molar-refractivity contribution < 1.29 is 9.53 Å². The second kappa shape index (κ2) is 4.38. The Morgan fingerprint density at radius 3 is 2.67 bits per heavy atom. The molecule has 21 heavy (non-hydrogen) atoms. The average Bonchev–Trinajstić information content (AvgIpc) is 2.90. The number of aryl methyl sites for hydroxylation is 1. The van der Waals surface area contributed by atoms with Crippen molar-refractivity contribution in [2.24, 2.45) is 7.05 Å². The molecule has 2 heterocycles. The molecule has 0 spiro atoms. The van der Waals surface area contributed by atoms with Gasteiger partial charge >= 0.3 is 11.8 Å². The number of nitrogens with zero attached hydrogens (tertiary/aromatic N) is 2. The number of imidazole rings is 1. The first-order valence-corrected chi connectivity index (χ1v) is 6.93. The number of hydrogen-bond acceptors (Lipinski definition) is 3. The third kappa shape index (κ3) is 2.30. The van der Waals surface area contributed by atoms with Crippen molar-refractivity contribution in [3.63, 3.8) is 0 Å². The molecule has 2 aromatic rings. The summed E-state index contributed by atoms with van der Waals surface area (Å²) >= 11 is 0. The van der Waals surface area contributed by atoms with E-state index in [1.165, 1.54) is 0 Å². The summed E-state index contributed by atoms with van der Waals surface area (Å²) in [6.45, 7) is 6.53. The Morgan fingerprint density at radius 2 is 2.00 bits per heavy atom. The molecule has 0 saturated heterocycles. The van der Waals surface area contributed by atoms with Crippen LogP contribution in [0.4, 0.5) is 4.79 Å². The lowest BCUT2D eigenvalue weighted by Crippen LogP contribution is -2.33. The summed E-state index contributed by atoms with van der Waals surface area (Å²) < 4.78 is 7.00. The summed E-state index contributed by atoms with van der Waals surface area (Å²) in [5.41, 5.74) is 3.08. The van der Waals surface area contributed by atoms with E-state index in [0.29, 0.717) is 13.1 Å². The van der Waals surface area contributed by atoms with E-state index < -0.39 is 5.60 Å². The van der Waals surface area contributed by atoms with Crippen LogP contribution >= 0.6 is 0 Å². The molecule has 0 aliphatic carbocycles. The van der Waals surface area contributed by atoms with Crippen molar-refractivity contribution in [1.82, 2.24) is 14.5 Å². The van der Waals surface area contributed by atoms with Gasteiger partial charge in [0.15, 0.2) is 0 Å². The second-order valence-corrected chi connectivity index (χ2v) is 6.42. The van der Waals surface area contributed by atoms with Crippen molar-refractivity contribution in [1.29, 1.82) is 0 Å². The molecule has 0 unspecified atom stereocenters. The van der Waals surface area contributed by atoms with Crippen LogP contribution in [0.25, 0.3) is 11.0 Å². The summed E-state index contributed by atoms with van der Waals surface area (Å²) in [5.74, 6) is 0. The second-order valence-electron chi connectivity index (χ2n) is 6.42. The van der Waals surface area contributed by atoms with Crippen molar-refractivity contribution in [2.75, 3.05) is 0 Å². The van der Waals surface area contributed by atoms with Crippen LogP contribution in [0.1, 0.15) is 31.9 Å². The predicted octanol–water partition coefficient (Wildman–Crippen LogP) is 2.12. The zero-order valence-corrected chi connectivity index (χ0v) is 12.7. The first-order valence-electron chi connectivity index (χ1n) is 6.93. The fourth-order valence-electron chi connectivity index (χ4n) is 2.70. The summed E-state index contributed by atoms with van der Waals surface area (Å²) in [6, 6.07) is 3.84. The van der Waals surface area contributed by atoms with E-state index >= 15 is 0 Å². The monoisotopic (exact) mass is 289 g/mol. The number of ether oxygens (including phenoxy) is 1. The van der Waals surface area contributed by atoms with Crippen LogP contribution in [0.15, 0.2) is 16.9 Å². The van der Waals surface area contributed by atoms with Crippen molar-refractivity contribution in [3.05, 3.63) is 33.7 Å². The van der Waals surface area contributed by atoms with Gasteiger partial charge in [0.1, 0.15) is 5.60 Å². The normalized spacial score (nSPS) is 14.6. The smallest absolute Gasteiger partial charge is 0.410 e. The van der Waals surface area contributed by atoms with Crippen LogP contribution in [0.3, 0.4) is 0 Å². The van der Waals surface area contributed by atoms with Gasteiger partial charge in [0, 0.05) is 19.2 Å². The molecule has 1 aliphatic heterocycles. The van der Waals surface area contributed by atoms with E-state index in [4.69, 9.17) is 4.74 Å². The maximum atomic E-state index is 12.2. The molecule has 0 saturated carbocycles. The van der Waals surface area contributed by atoms with Crippen LogP contribution in [0.5, 0.6) is 0 Å². The summed E-state index contributed by atoms with van der Waals surface area (Å²) in [6.07, 6.45) is -0.326. The van der Waals surface area contributed by atoms with Gasteiger partial charge in [-0.05, 0) is 32.4 Å². The zero-order chi connectivity index (χ0) is 15.4. The molecule has 1 aromatic heterocycles. The molecule has 6 heteroatoms. The third-order valence-electron chi connectivity index (χ3n) is 3.62. The number of nitrogens with one attached hydrogen (secondary N) is 1. The van der Waals surface area contributed by atoms with Gasteiger partial charge in [0.05, 0.1) is 17.6 Å². The highest BCUT2D eigenvalue weighted by Crippen LogP contribution is 2.29. The Morgan fingerprint density at radius 1 is 1.29 bits per heavy atom. The molecule has 112 valence electrons. The number of carbonyl (C=O) groups is 1. The Balaban J connectivity index is 1.96. The number of rotatable bonds is 0. The van der Waals surface area contributed by atoms with Gasteiger partial charge in [-0.1, -0.05) is 6.07 Å². The number of aromatic nitrogens is 2. The van der Waals surface area contributed by atoms with Crippen LogP contribution in [0.2, 0.25) is 0 Å². The topological polar surface area (TPSA) is 67.3 Å². The van der Waals surface area contributed by atoms with Gasteiger partial charge in [0.25, 0.3) is 0 Å². The Labute approximate surface area is 122 Å². The fraction of sp³-hybridized carbons (Fsp3) is 0.467. The highest BCUT2D eigenvalue weighted by molar-refractivity contribution is 5.82. The molecule has 0 atom stereocenters. The zero-order valence-electron chi connectivity index (χ0n) is 12.7. The quantitative estimate of drug-likeness (QED) is 0.807. The van der Waals surface area contributed by atoms with Gasteiger partial charge in [0.2, 0.25) is 0 Å². The number of aromatic amines is 1. The lowest BCUT2D eigenvalue weighted by Gasteiger charge is -2.24. The van der Waals surface area contributed by atoms with Gasteiger partial charge in [-0.2, -0.15) is 0 Å². The predicted molar refractivity (Wildman–Crippen MR) is 79.0 cm³/mol. The highest BCUT2D eigenvalue weighted by Gasteiger charge is 2.29. The van der Waals surface area contributed by atoms with Crippen LogP contribution in [-0.2, 0) is 24.9 Å². The Bertz CT molecular complexity index is 780. The minimum absolute atomic E-state index is 0.144.